The van der Waals surface area contributed by atoms with Gasteiger partial charge in [0.2, 0.25) is 0 Å². The molecule has 3 rings (SSSR count). The van der Waals surface area contributed by atoms with E-state index in [0.717, 1.165) is 22.7 Å². The van der Waals surface area contributed by atoms with E-state index in [2.05, 4.69) is 20.2 Å². The molecular weight excluding hydrogens is 368 g/mol. The van der Waals surface area contributed by atoms with Gasteiger partial charge in [-0.05, 0) is 12.1 Å². The van der Waals surface area contributed by atoms with Gasteiger partial charge in [0.1, 0.15) is 41.0 Å². The van der Waals surface area contributed by atoms with Crippen molar-refractivity contribution in [3.8, 4) is 0 Å². The first-order valence-corrected chi connectivity index (χ1v) is 9.46. The van der Waals surface area contributed by atoms with E-state index in [0.29, 0.717) is 18.1 Å². The highest BCUT2D eigenvalue weighted by molar-refractivity contribution is 8.39. The van der Waals surface area contributed by atoms with Gasteiger partial charge in [0, 0.05) is 23.1 Å². The van der Waals surface area contributed by atoms with Crippen LogP contribution in [-0.4, -0.2) is 49.5 Å². The highest BCUT2D eigenvalue weighted by atomic mass is 32.2. The average Bonchev–Trinajstić information content (AvgIpc) is 3.27. The smallest absolute Gasteiger partial charge is 0.137 e. The van der Waals surface area contributed by atoms with Crippen LogP contribution in [0, 0.1) is 11.6 Å². The van der Waals surface area contributed by atoms with Gasteiger partial charge in [0.25, 0.3) is 0 Å². The second kappa shape index (κ2) is 8.95. The molecule has 0 bridgehead atoms. The van der Waals surface area contributed by atoms with Crippen LogP contribution in [0.3, 0.4) is 0 Å². The molecule has 2 heterocycles. The minimum absolute atomic E-state index is 0.165. The summed E-state index contributed by atoms with van der Waals surface area (Å²) in [4.78, 5) is 13.5. The molecule has 10 heteroatoms. The minimum Gasteiger partial charge on any atom is -0.395 e. The monoisotopic (exact) mass is 383 g/mol. The summed E-state index contributed by atoms with van der Waals surface area (Å²) >= 11 is 3.34. The van der Waals surface area contributed by atoms with Crippen molar-refractivity contribution in [1.82, 2.24) is 14.8 Å². The predicted octanol–water partition coefficient (Wildman–Crippen LogP) is 2.81. The number of aliphatic imine (C=N–C) groups is 1. The average molecular weight is 383 g/mol. The molecule has 1 aromatic carbocycles. The van der Waals surface area contributed by atoms with Gasteiger partial charge >= 0.3 is 0 Å². The van der Waals surface area contributed by atoms with Crippen LogP contribution in [0.1, 0.15) is 5.56 Å². The highest BCUT2D eigenvalue weighted by Gasteiger charge is 2.13. The van der Waals surface area contributed by atoms with Crippen LogP contribution in [0.5, 0.6) is 0 Å². The zero-order chi connectivity index (χ0) is 17.5. The fraction of sp³-hybridized carbons (Fsp3) is 0.333. The number of nitrogens with zero attached hydrogens (tertiary/aromatic N) is 5. The van der Waals surface area contributed by atoms with E-state index in [4.69, 9.17) is 4.84 Å². The van der Waals surface area contributed by atoms with Crippen molar-refractivity contribution in [3.05, 3.63) is 48.1 Å². The molecule has 6 nitrogen and oxygen atoms in total. The van der Waals surface area contributed by atoms with Crippen LogP contribution in [0.2, 0.25) is 0 Å². The molecule has 1 aliphatic heterocycles. The van der Waals surface area contributed by atoms with Crippen LogP contribution in [-0.2, 0) is 11.4 Å². The number of benzene rings is 1. The Hall–Kier alpha value is -1.94. The lowest BCUT2D eigenvalue weighted by atomic mass is 10.1. The molecule has 1 aromatic heterocycles. The lowest BCUT2D eigenvalue weighted by Gasteiger charge is -2.08. The maximum Gasteiger partial charge on any atom is 0.137 e. The van der Waals surface area contributed by atoms with Gasteiger partial charge in [-0.3, -0.25) is 4.99 Å². The first-order valence-electron chi connectivity index (χ1n) is 7.49. The Morgan fingerprint density at radius 1 is 1.40 bits per heavy atom. The maximum atomic E-state index is 14.1. The van der Waals surface area contributed by atoms with Gasteiger partial charge in [0.15, 0.2) is 0 Å². The highest BCUT2D eigenvalue weighted by Crippen LogP contribution is 2.21. The lowest BCUT2D eigenvalue weighted by Crippen LogP contribution is -2.15. The first kappa shape index (κ1) is 17.9. The minimum atomic E-state index is -0.700. The quantitative estimate of drug-likeness (QED) is 0.418. The summed E-state index contributed by atoms with van der Waals surface area (Å²) in [6.07, 6.45) is 2.86. The molecule has 0 saturated carbocycles. The molecule has 1 aliphatic rings. The van der Waals surface area contributed by atoms with Crippen LogP contribution >= 0.6 is 23.5 Å². The number of hydrogen-bond acceptors (Lipinski definition) is 7. The zero-order valence-corrected chi connectivity index (χ0v) is 14.8. The largest absolute Gasteiger partial charge is 0.395 e. The molecule has 25 heavy (non-hydrogen) atoms. The van der Waals surface area contributed by atoms with E-state index >= 15 is 0 Å². The number of halogens is 2. The van der Waals surface area contributed by atoms with Crippen molar-refractivity contribution < 1.29 is 13.6 Å². The van der Waals surface area contributed by atoms with Gasteiger partial charge in [0.05, 0.1) is 13.1 Å². The third kappa shape index (κ3) is 5.27. The summed E-state index contributed by atoms with van der Waals surface area (Å²) < 4.78 is 29.7. The van der Waals surface area contributed by atoms with E-state index in [1.54, 1.807) is 23.5 Å². The lowest BCUT2D eigenvalue weighted by molar-refractivity contribution is 0.160. The fourth-order valence-electron chi connectivity index (χ4n) is 2.05. The molecule has 0 saturated heterocycles. The van der Waals surface area contributed by atoms with E-state index < -0.39 is 11.6 Å². The zero-order valence-electron chi connectivity index (χ0n) is 13.1. The molecule has 0 aliphatic carbocycles. The second-order valence-corrected chi connectivity index (χ2v) is 7.36. The third-order valence-electron chi connectivity index (χ3n) is 3.15. The van der Waals surface area contributed by atoms with E-state index in [-0.39, 0.29) is 12.1 Å². The molecule has 132 valence electrons. The van der Waals surface area contributed by atoms with Gasteiger partial charge in [-0.15, -0.1) is 0 Å². The normalized spacial score (nSPS) is 14.6. The summed E-state index contributed by atoms with van der Waals surface area (Å²) in [6, 6.07) is 3.33. The number of aromatic nitrogens is 3. The Labute approximate surface area is 151 Å². The number of thioether (sulfide) groups is 2. The summed E-state index contributed by atoms with van der Waals surface area (Å²) in [6.45, 7) is 1.38. The Morgan fingerprint density at radius 3 is 3.04 bits per heavy atom. The third-order valence-corrected chi connectivity index (χ3v) is 5.37. The fourth-order valence-corrected chi connectivity index (χ4v) is 3.94. The van der Waals surface area contributed by atoms with E-state index in [1.807, 2.05) is 0 Å². The SMILES string of the molecule is Fc1ccc(/C(Cn2cncn2)=N\OCCSC2=NCCS2)c(F)c1. The van der Waals surface area contributed by atoms with Crippen molar-refractivity contribution in [2.24, 2.45) is 10.1 Å². The molecular formula is C15H15F2N5OS2. The van der Waals surface area contributed by atoms with Crippen LogP contribution in [0.15, 0.2) is 41.0 Å². The van der Waals surface area contributed by atoms with Crippen LogP contribution in [0.4, 0.5) is 8.78 Å². The van der Waals surface area contributed by atoms with Gasteiger partial charge in [-0.25, -0.2) is 18.4 Å². The van der Waals surface area contributed by atoms with Crippen LogP contribution < -0.4 is 0 Å². The van der Waals surface area contributed by atoms with Crippen molar-refractivity contribution in [2.45, 2.75) is 6.54 Å². The van der Waals surface area contributed by atoms with E-state index in [9.17, 15) is 8.78 Å². The van der Waals surface area contributed by atoms with Crippen molar-refractivity contribution in [2.75, 3.05) is 24.7 Å². The Balaban J connectivity index is 1.64. The van der Waals surface area contributed by atoms with E-state index in [1.165, 1.54) is 29.5 Å². The molecule has 0 atom stereocenters. The Kier molecular flexibility index (Phi) is 6.40. The topological polar surface area (TPSA) is 64.7 Å². The number of rotatable bonds is 7. The number of oxime groups is 1. The van der Waals surface area contributed by atoms with Gasteiger partial charge in [-0.1, -0.05) is 28.7 Å². The Bertz CT molecular complexity index is 767. The molecule has 0 amide bonds. The summed E-state index contributed by atoms with van der Waals surface area (Å²) in [5.74, 6) is 0.368. The second-order valence-electron chi connectivity index (χ2n) is 4.93. The van der Waals surface area contributed by atoms with Crippen molar-refractivity contribution in [3.63, 3.8) is 0 Å². The van der Waals surface area contributed by atoms with Crippen molar-refractivity contribution >= 4 is 33.6 Å². The molecule has 0 N–H and O–H groups in total. The van der Waals surface area contributed by atoms with Gasteiger partial charge < -0.3 is 4.84 Å². The molecule has 0 radical (unpaired) electrons. The van der Waals surface area contributed by atoms with Crippen molar-refractivity contribution in [1.29, 1.82) is 0 Å². The predicted molar refractivity (Wildman–Crippen MR) is 96.1 cm³/mol. The van der Waals surface area contributed by atoms with Crippen LogP contribution in [0.25, 0.3) is 0 Å². The molecule has 2 aromatic rings. The number of hydrogen-bond donors (Lipinski definition) is 0. The first-order chi connectivity index (χ1) is 12.2. The van der Waals surface area contributed by atoms with Gasteiger partial charge in [-0.2, -0.15) is 5.10 Å². The maximum absolute atomic E-state index is 14.1. The standard InChI is InChI=1S/C15H15F2N5OS2/c16-11-1-2-12(13(17)7-11)14(8-22-10-18-9-20-22)21-23-4-6-25-15-19-3-5-24-15/h1-2,7,9-10H,3-6,8H2/b21-14-. The Morgan fingerprint density at radius 2 is 2.32 bits per heavy atom. The molecule has 0 fully saturated rings. The summed E-state index contributed by atoms with van der Waals surface area (Å²) in [5.41, 5.74) is 0.473. The summed E-state index contributed by atoms with van der Waals surface area (Å²) in [7, 11) is 0. The molecule has 0 spiro atoms. The summed E-state index contributed by atoms with van der Waals surface area (Å²) in [5, 5.41) is 8.00. The molecule has 0 unspecified atom stereocenters.